The molecule has 1 aromatic rings. The zero-order valence-corrected chi connectivity index (χ0v) is 10.8. The molecule has 0 saturated carbocycles. The maximum Gasteiger partial charge on any atom is 0.488 e. The van der Waals surface area contributed by atoms with Gasteiger partial charge in [-0.25, -0.2) is 4.39 Å². The molecule has 0 heterocycles. The average molecular weight is 255 g/mol. The Morgan fingerprint density at radius 3 is 2.67 bits per heavy atom. The van der Waals surface area contributed by atoms with E-state index in [-0.39, 0.29) is 5.46 Å². The highest BCUT2D eigenvalue weighted by Gasteiger charge is 2.18. The van der Waals surface area contributed by atoms with Crippen LogP contribution in [0.4, 0.5) is 4.39 Å². The van der Waals surface area contributed by atoms with Crippen LogP contribution in [0.3, 0.4) is 0 Å². The monoisotopic (exact) mass is 255 g/mol. The fraction of sp³-hybridized carbons (Fsp3) is 0.500. The van der Waals surface area contributed by atoms with Crippen molar-refractivity contribution < 1.29 is 19.2 Å². The molecule has 0 radical (unpaired) electrons. The second kappa shape index (κ2) is 7.48. The molecule has 18 heavy (non-hydrogen) atoms. The fourth-order valence-corrected chi connectivity index (χ4v) is 1.76. The second-order valence-corrected chi connectivity index (χ2v) is 4.08. The lowest BCUT2D eigenvalue weighted by atomic mass is 9.77. The van der Waals surface area contributed by atoms with E-state index < -0.39 is 12.9 Å². The summed E-state index contributed by atoms with van der Waals surface area (Å²) >= 11 is 0. The van der Waals surface area contributed by atoms with Crippen molar-refractivity contribution in [1.29, 1.82) is 0 Å². The molecule has 0 aliphatic rings. The van der Waals surface area contributed by atoms with Crippen molar-refractivity contribution in [2.24, 2.45) is 0 Å². The summed E-state index contributed by atoms with van der Waals surface area (Å²) in [5, 5.41) is 18.5. The van der Waals surface area contributed by atoms with Gasteiger partial charge in [0.1, 0.15) is 5.82 Å². The zero-order chi connectivity index (χ0) is 13.5. The van der Waals surface area contributed by atoms with E-state index in [1.54, 1.807) is 13.2 Å². The van der Waals surface area contributed by atoms with Crippen molar-refractivity contribution in [3.8, 4) is 0 Å². The van der Waals surface area contributed by atoms with Crippen molar-refractivity contribution in [2.75, 3.05) is 26.8 Å². The van der Waals surface area contributed by atoms with Gasteiger partial charge in [0.15, 0.2) is 0 Å². The van der Waals surface area contributed by atoms with Gasteiger partial charge in [-0.1, -0.05) is 13.0 Å². The van der Waals surface area contributed by atoms with E-state index in [9.17, 15) is 14.4 Å². The smallest absolute Gasteiger partial charge is 0.423 e. The number of hydrogen-bond acceptors (Lipinski definition) is 4. The molecule has 0 unspecified atom stereocenters. The van der Waals surface area contributed by atoms with E-state index in [0.717, 1.165) is 19.2 Å². The molecule has 0 amide bonds. The van der Waals surface area contributed by atoms with Gasteiger partial charge in [0.2, 0.25) is 0 Å². The molecule has 4 nitrogen and oxygen atoms in total. The predicted octanol–water partition coefficient (Wildman–Crippen LogP) is -0.0262. The SMILES string of the molecule is CCN(CCOC)Cc1ccc(F)cc1B(O)O. The molecule has 0 fully saturated rings. The molecule has 0 spiro atoms. The Labute approximate surface area is 107 Å². The van der Waals surface area contributed by atoms with E-state index >= 15 is 0 Å². The van der Waals surface area contributed by atoms with Crippen molar-refractivity contribution in [3.05, 3.63) is 29.6 Å². The van der Waals surface area contributed by atoms with Gasteiger partial charge in [-0.05, 0) is 29.7 Å². The van der Waals surface area contributed by atoms with Crippen LogP contribution in [0.2, 0.25) is 0 Å². The lowest BCUT2D eigenvalue weighted by Gasteiger charge is -2.21. The lowest BCUT2D eigenvalue weighted by Crippen LogP contribution is -2.37. The molecule has 0 aliphatic carbocycles. The van der Waals surface area contributed by atoms with Gasteiger partial charge in [-0.15, -0.1) is 0 Å². The van der Waals surface area contributed by atoms with Gasteiger partial charge in [0.25, 0.3) is 0 Å². The summed E-state index contributed by atoms with van der Waals surface area (Å²) in [5.41, 5.74) is 0.926. The minimum Gasteiger partial charge on any atom is -0.423 e. The third-order valence-corrected chi connectivity index (χ3v) is 2.84. The van der Waals surface area contributed by atoms with Crippen molar-refractivity contribution in [3.63, 3.8) is 0 Å². The van der Waals surface area contributed by atoms with Crippen LogP contribution in [0.5, 0.6) is 0 Å². The first-order valence-electron chi connectivity index (χ1n) is 5.94. The molecule has 1 aromatic carbocycles. The highest BCUT2D eigenvalue weighted by molar-refractivity contribution is 6.59. The number of likely N-dealkylation sites (N-methyl/N-ethyl adjacent to an activating group) is 1. The zero-order valence-electron chi connectivity index (χ0n) is 10.8. The number of halogens is 1. The molecule has 6 heteroatoms. The third-order valence-electron chi connectivity index (χ3n) is 2.84. The summed E-state index contributed by atoms with van der Waals surface area (Å²) < 4.78 is 18.1. The molecule has 0 atom stereocenters. The van der Waals surface area contributed by atoms with Gasteiger partial charge in [0.05, 0.1) is 6.61 Å². The molecule has 0 aromatic heterocycles. The van der Waals surface area contributed by atoms with Gasteiger partial charge in [-0.2, -0.15) is 0 Å². The van der Waals surface area contributed by atoms with Crippen LogP contribution in [0.25, 0.3) is 0 Å². The Morgan fingerprint density at radius 1 is 1.39 bits per heavy atom. The van der Waals surface area contributed by atoms with Gasteiger partial charge < -0.3 is 14.8 Å². The Kier molecular flexibility index (Phi) is 6.28. The van der Waals surface area contributed by atoms with Gasteiger partial charge >= 0.3 is 7.12 Å². The Hall–Kier alpha value is -0.945. The number of hydrogen-bond donors (Lipinski definition) is 2. The van der Waals surface area contributed by atoms with Crippen LogP contribution in [0.1, 0.15) is 12.5 Å². The standard InChI is InChI=1S/C12H19BFNO3/c1-3-15(6-7-18-2)9-10-4-5-11(14)8-12(10)13(16)17/h4-5,8,16-17H,3,6-7,9H2,1-2H3. The molecule has 0 bridgehead atoms. The highest BCUT2D eigenvalue weighted by Crippen LogP contribution is 2.05. The molecule has 100 valence electrons. The normalized spacial score (nSPS) is 11.0. The summed E-state index contributed by atoms with van der Waals surface area (Å²) in [7, 11) is -0.0221. The topological polar surface area (TPSA) is 52.9 Å². The number of benzene rings is 1. The number of rotatable bonds is 7. The van der Waals surface area contributed by atoms with Crippen LogP contribution < -0.4 is 5.46 Å². The predicted molar refractivity (Wildman–Crippen MR) is 69.1 cm³/mol. The number of nitrogens with zero attached hydrogens (tertiary/aromatic N) is 1. The quantitative estimate of drug-likeness (QED) is 0.672. The Morgan fingerprint density at radius 2 is 2.11 bits per heavy atom. The van der Waals surface area contributed by atoms with Crippen LogP contribution in [-0.4, -0.2) is 48.9 Å². The Bertz CT molecular complexity index is 376. The lowest BCUT2D eigenvalue weighted by molar-refractivity contribution is 0.147. The van der Waals surface area contributed by atoms with Gasteiger partial charge in [0, 0.05) is 20.2 Å². The summed E-state index contributed by atoms with van der Waals surface area (Å²) in [6.45, 7) is 4.69. The second-order valence-electron chi connectivity index (χ2n) is 4.08. The van der Waals surface area contributed by atoms with Crippen LogP contribution in [0, 0.1) is 5.82 Å². The summed E-state index contributed by atoms with van der Waals surface area (Å²) in [6, 6.07) is 4.06. The molecule has 1 rings (SSSR count). The summed E-state index contributed by atoms with van der Waals surface area (Å²) in [5.74, 6) is -0.471. The number of methoxy groups -OCH3 is 1. The first kappa shape index (κ1) is 15.1. The van der Waals surface area contributed by atoms with Crippen LogP contribution >= 0.6 is 0 Å². The largest absolute Gasteiger partial charge is 0.488 e. The van der Waals surface area contributed by atoms with E-state index in [2.05, 4.69) is 4.90 Å². The first-order valence-corrected chi connectivity index (χ1v) is 5.94. The third kappa shape index (κ3) is 4.38. The summed E-state index contributed by atoms with van der Waals surface area (Å²) in [4.78, 5) is 2.09. The molecule has 0 saturated heterocycles. The maximum atomic E-state index is 13.1. The van der Waals surface area contributed by atoms with Crippen molar-refractivity contribution >= 4 is 12.6 Å². The van der Waals surface area contributed by atoms with Crippen LogP contribution in [-0.2, 0) is 11.3 Å². The van der Waals surface area contributed by atoms with E-state index in [1.807, 2.05) is 6.92 Å². The van der Waals surface area contributed by atoms with E-state index in [4.69, 9.17) is 4.74 Å². The van der Waals surface area contributed by atoms with Crippen molar-refractivity contribution in [1.82, 2.24) is 4.90 Å². The van der Waals surface area contributed by atoms with E-state index in [1.165, 1.54) is 6.07 Å². The van der Waals surface area contributed by atoms with E-state index in [0.29, 0.717) is 18.7 Å². The fourth-order valence-electron chi connectivity index (χ4n) is 1.76. The Balaban J connectivity index is 2.81. The molecule has 0 aliphatic heterocycles. The number of ether oxygens (including phenoxy) is 1. The maximum absolute atomic E-state index is 13.1. The molecular formula is C12H19BFNO3. The summed E-state index contributed by atoms with van der Waals surface area (Å²) in [6.07, 6.45) is 0. The molecular weight excluding hydrogens is 236 g/mol. The van der Waals surface area contributed by atoms with Crippen LogP contribution in [0.15, 0.2) is 18.2 Å². The highest BCUT2D eigenvalue weighted by atomic mass is 19.1. The first-order chi connectivity index (χ1) is 8.58. The van der Waals surface area contributed by atoms with Crippen molar-refractivity contribution in [2.45, 2.75) is 13.5 Å². The molecule has 2 N–H and O–H groups in total. The minimum absolute atomic E-state index is 0.214. The minimum atomic E-state index is -1.66. The average Bonchev–Trinajstić information content (AvgIpc) is 2.35. The van der Waals surface area contributed by atoms with Gasteiger partial charge in [-0.3, -0.25) is 4.90 Å².